The fourth-order valence-corrected chi connectivity index (χ4v) is 3.09. The van der Waals surface area contributed by atoms with Crippen LogP contribution in [-0.4, -0.2) is 19.2 Å². The van der Waals surface area contributed by atoms with Crippen LogP contribution in [0.3, 0.4) is 0 Å². The number of halogens is 1. The second kappa shape index (κ2) is 12.1. The zero-order chi connectivity index (χ0) is 19.6. The Hall–Kier alpha value is -2.55. The van der Waals surface area contributed by atoms with Gasteiger partial charge >= 0.3 is 0 Å². The van der Waals surface area contributed by atoms with Gasteiger partial charge in [0.25, 0.3) is 0 Å². The fourth-order valence-electron chi connectivity index (χ4n) is 3.09. The van der Waals surface area contributed by atoms with Crippen molar-refractivity contribution in [2.45, 2.75) is 26.3 Å². The molecule has 0 radical (unpaired) electrons. The van der Waals surface area contributed by atoms with E-state index in [0.29, 0.717) is 6.04 Å². The maximum absolute atomic E-state index is 5.91. The molecule has 0 aliphatic heterocycles. The molecule has 0 aliphatic rings. The Morgan fingerprint density at radius 2 is 1.45 bits per heavy atom. The normalized spacial score (nSPS) is 12.1. The SMILES string of the molecule is CCC(C)[NH2+]CCOc1ccc(/C(=C\c2ccccc2)c2ccccc2)cc1.[Cl-]. The van der Waals surface area contributed by atoms with Crippen LogP contribution in [0, 0.1) is 0 Å². The topological polar surface area (TPSA) is 25.8 Å². The van der Waals surface area contributed by atoms with Crippen molar-refractivity contribution < 1.29 is 22.5 Å². The van der Waals surface area contributed by atoms with Gasteiger partial charge in [0, 0.05) is 0 Å². The summed E-state index contributed by atoms with van der Waals surface area (Å²) in [5.41, 5.74) is 4.81. The van der Waals surface area contributed by atoms with Crippen molar-refractivity contribution in [2.75, 3.05) is 13.2 Å². The van der Waals surface area contributed by atoms with Gasteiger partial charge in [-0.25, -0.2) is 0 Å². The van der Waals surface area contributed by atoms with E-state index in [4.69, 9.17) is 4.74 Å². The third kappa shape index (κ3) is 7.08. The van der Waals surface area contributed by atoms with E-state index in [0.717, 1.165) is 18.9 Å². The minimum Gasteiger partial charge on any atom is -1.00 e. The van der Waals surface area contributed by atoms with Crippen LogP contribution in [0.5, 0.6) is 5.75 Å². The lowest BCUT2D eigenvalue weighted by Gasteiger charge is -2.12. The molecular formula is C26H30ClNO. The predicted molar refractivity (Wildman–Crippen MR) is 118 cm³/mol. The first-order valence-corrected chi connectivity index (χ1v) is 10.1. The molecule has 0 amide bonds. The first-order valence-electron chi connectivity index (χ1n) is 10.1. The maximum Gasteiger partial charge on any atom is 0.137 e. The predicted octanol–water partition coefficient (Wildman–Crippen LogP) is 2.02. The van der Waals surface area contributed by atoms with Crippen LogP contribution in [0.1, 0.15) is 37.0 Å². The van der Waals surface area contributed by atoms with E-state index >= 15 is 0 Å². The first-order chi connectivity index (χ1) is 13.8. The summed E-state index contributed by atoms with van der Waals surface area (Å²) in [7, 11) is 0. The molecule has 152 valence electrons. The van der Waals surface area contributed by atoms with Gasteiger partial charge in [0.2, 0.25) is 0 Å². The van der Waals surface area contributed by atoms with Crippen molar-refractivity contribution >= 4 is 11.6 Å². The molecule has 2 N–H and O–H groups in total. The van der Waals surface area contributed by atoms with E-state index < -0.39 is 0 Å². The van der Waals surface area contributed by atoms with Crippen molar-refractivity contribution in [3.05, 3.63) is 102 Å². The van der Waals surface area contributed by atoms with Crippen LogP contribution in [0.2, 0.25) is 0 Å². The summed E-state index contributed by atoms with van der Waals surface area (Å²) in [5.74, 6) is 0.924. The van der Waals surface area contributed by atoms with E-state index in [1.54, 1.807) is 0 Å². The van der Waals surface area contributed by atoms with Gasteiger partial charge in [-0.1, -0.05) is 79.7 Å². The Morgan fingerprint density at radius 1 is 0.862 bits per heavy atom. The van der Waals surface area contributed by atoms with Gasteiger partial charge in [0.05, 0.1) is 6.04 Å². The standard InChI is InChI=1S/C26H29NO.ClH/c1-3-21(2)27-18-19-28-25-16-14-24(15-17-25)26(23-12-8-5-9-13-23)20-22-10-6-4-7-11-22;/h4-17,20-21,27H,3,18-19H2,1-2H3;1H/b26-20-;. The largest absolute Gasteiger partial charge is 1.00 e. The minimum absolute atomic E-state index is 0. The van der Waals surface area contributed by atoms with Crippen molar-refractivity contribution in [1.29, 1.82) is 0 Å². The van der Waals surface area contributed by atoms with Gasteiger partial charge in [-0.2, -0.15) is 0 Å². The van der Waals surface area contributed by atoms with Crippen molar-refractivity contribution in [3.8, 4) is 5.75 Å². The summed E-state index contributed by atoms with van der Waals surface area (Å²) >= 11 is 0. The van der Waals surface area contributed by atoms with Gasteiger partial charge in [-0.15, -0.1) is 0 Å². The highest BCUT2D eigenvalue weighted by atomic mass is 35.5. The molecule has 0 saturated carbocycles. The number of hydrogen-bond donors (Lipinski definition) is 1. The molecule has 1 atom stereocenters. The van der Waals surface area contributed by atoms with Crippen molar-refractivity contribution in [1.82, 2.24) is 0 Å². The molecule has 1 unspecified atom stereocenters. The monoisotopic (exact) mass is 407 g/mol. The molecule has 0 aromatic heterocycles. The zero-order valence-electron chi connectivity index (χ0n) is 17.2. The number of hydrogen-bond acceptors (Lipinski definition) is 1. The van der Waals surface area contributed by atoms with Gasteiger partial charge in [0.1, 0.15) is 18.9 Å². The molecule has 0 fully saturated rings. The smallest absolute Gasteiger partial charge is 0.137 e. The molecule has 3 aromatic rings. The zero-order valence-corrected chi connectivity index (χ0v) is 18.0. The Morgan fingerprint density at radius 3 is 2.07 bits per heavy atom. The number of nitrogens with two attached hydrogens (primary N) is 1. The lowest BCUT2D eigenvalue weighted by atomic mass is 9.95. The van der Waals surface area contributed by atoms with Gasteiger partial charge in [-0.05, 0) is 53.8 Å². The summed E-state index contributed by atoms with van der Waals surface area (Å²) in [6.07, 6.45) is 3.43. The number of rotatable bonds is 9. The van der Waals surface area contributed by atoms with E-state index in [1.807, 2.05) is 6.07 Å². The average molecular weight is 408 g/mol. The molecular weight excluding hydrogens is 378 g/mol. The van der Waals surface area contributed by atoms with Crippen molar-refractivity contribution in [3.63, 3.8) is 0 Å². The quantitative estimate of drug-likeness (QED) is 0.426. The third-order valence-electron chi connectivity index (χ3n) is 4.96. The van der Waals surface area contributed by atoms with Crippen LogP contribution in [0.15, 0.2) is 84.9 Å². The van der Waals surface area contributed by atoms with Crippen LogP contribution < -0.4 is 22.5 Å². The highest BCUT2D eigenvalue weighted by Gasteiger charge is 2.06. The molecule has 3 rings (SSSR count). The fraction of sp³-hybridized carbons (Fsp3) is 0.231. The van der Waals surface area contributed by atoms with E-state index in [9.17, 15) is 0 Å². The first kappa shape index (κ1) is 22.7. The number of quaternary nitrogens is 1. The molecule has 0 bridgehead atoms. The summed E-state index contributed by atoms with van der Waals surface area (Å²) in [6, 6.07) is 30.1. The highest BCUT2D eigenvalue weighted by Crippen LogP contribution is 2.27. The summed E-state index contributed by atoms with van der Waals surface area (Å²) in [5, 5.41) is 2.34. The van der Waals surface area contributed by atoms with Gasteiger partial charge < -0.3 is 22.5 Å². The summed E-state index contributed by atoms with van der Waals surface area (Å²) in [6.45, 7) is 6.18. The minimum atomic E-state index is 0. The van der Waals surface area contributed by atoms with Crippen molar-refractivity contribution in [2.24, 2.45) is 0 Å². The van der Waals surface area contributed by atoms with E-state index in [1.165, 1.54) is 28.7 Å². The maximum atomic E-state index is 5.91. The number of benzene rings is 3. The Kier molecular flexibility index (Phi) is 9.49. The lowest BCUT2D eigenvalue weighted by molar-refractivity contribution is -0.686. The lowest BCUT2D eigenvalue weighted by Crippen LogP contribution is -3.00. The Labute approximate surface area is 181 Å². The molecule has 0 heterocycles. The summed E-state index contributed by atoms with van der Waals surface area (Å²) in [4.78, 5) is 0. The van der Waals surface area contributed by atoms with Gasteiger partial charge in [-0.3, -0.25) is 0 Å². The van der Waals surface area contributed by atoms with Crippen LogP contribution in [-0.2, 0) is 0 Å². The molecule has 0 spiro atoms. The van der Waals surface area contributed by atoms with Crippen LogP contribution in [0.25, 0.3) is 11.6 Å². The number of ether oxygens (including phenoxy) is 1. The molecule has 0 aliphatic carbocycles. The summed E-state index contributed by atoms with van der Waals surface area (Å²) < 4.78 is 5.91. The van der Waals surface area contributed by atoms with Crippen LogP contribution >= 0.6 is 0 Å². The van der Waals surface area contributed by atoms with E-state index in [-0.39, 0.29) is 12.4 Å². The second-order valence-electron chi connectivity index (χ2n) is 7.12. The van der Waals surface area contributed by atoms with Gasteiger partial charge in [0.15, 0.2) is 0 Å². The molecule has 3 heteroatoms. The molecule has 0 saturated heterocycles. The van der Waals surface area contributed by atoms with Crippen LogP contribution in [0.4, 0.5) is 0 Å². The average Bonchev–Trinajstić information content (AvgIpc) is 2.77. The molecule has 29 heavy (non-hydrogen) atoms. The molecule has 3 aromatic carbocycles. The van der Waals surface area contributed by atoms with E-state index in [2.05, 4.69) is 104 Å². The Bertz CT molecular complexity index is 860. The second-order valence-corrected chi connectivity index (χ2v) is 7.12. The third-order valence-corrected chi connectivity index (χ3v) is 4.96. The Balaban J connectivity index is 0.00000300. The molecule has 2 nitrogen and oxygen atoms in total. The highest BCUT2D eigenvalue weighted by molar-refractivity contribution is 5.91.